The fourth-order valence-corrected chi connectivity index (χ4v) is 5.16. The molecule has 1 aliphatic rings. The van der Waals surface area contributed by atoms with Gasteiger partial charge in [0.1, 0.15) is 6.61 Å². The van der Waals surface area contributed by atoms with Gasteiger partial charge in [0.25, 0.3) is 5.91 Å². The van der Waals surface area contributed by atoms with Gasteiger partial charge >= 0.3 is 0 Å². The van der Waals surface area contributed by atoms with E-state index in [4.69, 9.17) is 44.9 Å². The minimum Gasteiger partial charge on any atom is -0.493 e. The van der Waals surface area contributed by atoms with Crippen LogP contribution in [0.25, 0.3) is 6.08 Å². The second-order valence-corrected chi connectivity index (χ2v) is 10.2. The zero-order valence-corrected chi connectivity index (χ0v) is 21.9. The first-order chi connectivity index (χ1) is 16.3. The molecular weight excluding hydrogens is 509 g/mol. The van der Waals surface area contributed by atoms with Crippen molar-refractivity contribution in [2.24, 2.45) is 0 Å². The average Bonchev–Trinajstić information content (AvgIpc) is 3.08. The second kappa shape index (κ2) is 10.4. The summed E-state index contributed by atoms with van der Waals surface area (Å²) in [7, 11) is 1.57. The van der Waals surface area contributed by atoms with Gasteiger partial charge in [0, 0.05) is 15.6 Å². The van der Waals surface area contributed by atoms with Crippen molar-refractivity contribution in [2.45, 2.75) is 20.5 Å². The van der Waals surface area contributed by atoms with Crippen LogP contribution in [-0.2, 0) is 11.4 Å². The molecule has 1 fully saturated rings. The minimum atomic E-state index is -0.144. The number of hydrogen-bond donors (Lipinski definition) is 0. The van der Waals surface area contributed by atoms with Crippen LogP contribution in [0, 0.1) is 13.8 Å². The van der Waals surface area contributed by atoms with E-state index in [1.807, 2.05) is 56.3 Å². The summed E-state index contributed by atoms with van der Waals surface area (Å²) in [4.78, 5) is 15.2. The molecule has 4 nitrogen and oxygen atoms in total. The third-order valence-corrected chi connectivity index (χ3v) is 7.32. The molecule has 8 heteroatoms. The van der Waals surface area contributed by atoms with Crippen LogP contribution < -0.4 is 14.4 Å². The molecule has 0 aromatic heterocycles. The topological polar surface area (TPSA) is 38.8 Å². The minimum absolute atomic E-state index is 0.144. The zero-order valence-electron chi connectivity index (χ0n) is 18.7. The first kappa shape index (κ1) is 24.6. The van der Waals surface area contributed by atoms with Gasteiger partial charge in [-0.05, 0) is 73.0 Å². The van der Waals surface area contributed by atoms with E-state index in [0.29, 0.717) is 30.8 Å². The molecule has 0 unspecified atom stereocenters. The highest BCUT2D eigenvalue weighted by Gasteiger charge is 2.33. The number of carbonyl (C=O) groups is 1. The summed E-state index contributed by atoms with van der Waals surface area (Å²) in [5.41, 5.74) is 4.66. The summed E-state index contributed by atoms with van der Waals surface area (Å²) in [6.07, 6.45) is 1.81. The molecule has 1 heterocycles. The number of anilines is 1. The Kier molecular flexibility index (Phi) is 7.53. The maximum Gasteiger partial charge on any atom is 0.270 e. The first-order valence-electron chi connectivity index (χ1n) is 10.4. The van der Waals surface area contributed by atoms with Crippen molar-refractivity contribution in [1.82, 2.24) is 0 Å². The smallest absolute Gasteiger partial charge is 0.270 e. The lowest BCUT2D eigenvalue weighted by molar-refractivity contribution is -0.113. The molecule has 0 radical (unpaired) electrons. The number of carbonyl (C=O) groups excluding carboxylic acids is 1. The van der Waals surface area contributed by atoms with Crippen molar-refractivity contribution >= 4 is 69.2 Å². The van der Waals surface area contributed by atoms with Crippen molar-refractivity contribution in [2.75, 3.05) is 12.0 Å². The number of hydrogen-bond acceptors (Lipinski definition) is 5. The molecule has 1 aliphatic heterocycles. The summed E-state index contributed by atoms with van der Waals surface area (Å²) in [6.45, 7) is 4.32. The van der Waals surface area contributed by atoms with Gasteiger partial charge in [-0.15, -0.1) is 0 Å². The van der Waals surface area contributed by atoms with E-state index in [0.717, 1.165) is 27.9 Å². The van der Waals surface area contributed by atoms with E-state index < -0.39 is 0 Å². The molecule has 34 heavy (non-hydrogen) atoms. The van der Waals surface area contributed by atoms with Crippen LogP contribution in [-0.4, -0.2) is 17.3 Å². The quantitative estimate of drug-likeness (QED) is 0.242. The summed E-state index contributed by atoms with van der Waals surface area (Å²) < 4.78 is 11.9. The van der Waals surface area contributed by atoms with Gasteiger partial charge in [-0.3, -0.25) is 9.69 Å². The van der Waals surface area contributed by atoms with Crippen LogP contribution in [0.2, 0.25) is 10.0 Å². The lowest BCUT2D eigenvalue weighted by Gasteiger charge is -2.16. The average molecular weight is 530 g/mol. The third kappa shape index (κ3) is 5.26. The molecule has 174 valence electrons. The number of thiocarbonyl (C=S) groups is 1. The summed E-state index contributed by atoms with van der Waals surface area (Å²) in [5, 5.41) is 1.10. The summed E-state index contributed by atoms with van der Waals surface area (Å²) in [5.74, 6) is 0.965. The molecular formula is C26H21Cl2NO3S2. The predicted octanol–water partition coefficient (Wildman–Crippen LogP) is 7.60. The third-order valence-electron chi connectivity index (χ3n) is 5.43. The highest BCUT2D eigenvalue weighted by Crippen LogP contribution is 2.38. The summed E-state index contributed by atoms with van der Waals surface area (Å²) in [6, 6.07) is 16.6. The number of amides is 1. The van der Waals surface area contributed by atoms with Gasteiger partial charge in [-0.1, -0.05) is 65.4 Å². The molecule has 3 aromatic carbocycles. The predicted molar refractivity (Wildman–Crippen MR) is 145 cm³/mol. The van der Waals surface area contributed by atoms with Crippen LogP contribution >= 0.6 is 47.2 Å². The monoisotopic (exact) mass is 529 g/mol. The number of nitrogens with zero attached hydrogens (tertiary/aromatic N) is 1. The largest absolute Gasteiger partial charge is 0.493 e. The van der Waals surface area contributed by atoms with E-state index in [9.17, 15) is 4.79 Å². The zero-order chi connectivity index (χ0) is 24.4. The number of rotatable bonds is 6. The molecule has 1 saturated heterocycles. The number of halogens is 2. The molecule has 0 N–H and O–H groups in total. The van der Waals surface area contributed by atoms with Crippen molar-refractivity contribution in [3.05, 3.63) is 91.8 Å². The van der Waals surface area contributed by atoms with Crippen LogP contribution in [0.1, 0.15) is 22.3 Å². The first-order valence-corrected chi connectivity index (χ1v) is 12.3. The fraction of sp³-hybridized carbons (Fsp3) is 0.154. The van der Waals surface area contributed by atoms with Gasteiger partial charge in [0.2, 0.25) is 0 Å². The summed E-state index contributed by atoms with van der Waals surface area (Å²) >= 11 is 19.0. The number of thioether (sulfide) groups is 1. The Bertz CT molecular complexity index is 1320. The fourth-order valence-electron chi connectivity index (χ4n) is 3.39. The Morgan fingerprint density at radius 3 is 2.50 bits per heavy atom. The number of benzene rings is 3. The van der Waals surface area contributed by atoms with Gasteiger partial charge in [-0.2, -0.15) is 0 Å². The lowest BCUT2D eigenvalue weighted by atomic mass is 10.1. The Morgan fingerprint density at radius 1 is 1.00 bits per heavy atom. The lowest BCUT2D eigenvalue weighted by Crippen LogP contribution is -2.27. The van der Waals surface area contributed by atoms with Crippen LogP contribution in [0.15, 0.2) is 59.5 Å². The molecule has 0 spiro atoms. The Hall–Kier alpha value is -2.51. The standard InChI is InChI=1S/C26H21Cl2NO3S2/c1-15-4-8-20(10-16(15)2)29-25(30)24(34-26(29)33)12-17-5-9-22(23(11-17)31-3)32-14-18-6-7-19(27)13-21(18)28/h4-13H,14H2,1-3H3. The SMILES string of the molecule is COc1cc(C=C2SC(=S)N(c3ccc(C)c(C)c3)C2=O)ccc1OCc1ccc(Cl)cc1Cl. The normalized spacial score (nSPS) is 14.7. The van der Waals surface area contributed by atoms with Crippen LogP contribution in [0.5, 0.6) is 11.5 Å². The van der Waals surface area contributed by atoms with Gasteiger partial charge in [0.05, 0.1) is 17.7 Å². The van der Waals surface area contributed by atoms with E-state index >= 15 is 0 Å². The Labute approximate surface area is 218 Å². The van der Waals surface area contributed by atoms with E-state index in [2.05, 4.69) is 0 Å². The van der Waals surface area contributed by atoms with Gasteiger partial charge in [0.15, 0.2) is 15.8 Å². The van der Waals surface area contributed by atoms with Gasteiger partial charge < -0.3 is 9.47 Å². The highest BCUT2D eigenvalue weighted by atomic mass is 35.5. The van der Waals surface area contributed by atoms with E-state index in [1.54, 1.807) is 30.2 Å². The number of aryl methyl sites for hydroxylation is 2. The van der Waals surface area contributed by atoms with Crippen molar-refractivity contribution in [1.29, 1.82) is 0 Å². The number of ether oxygens (including phenoxy) is 2. The van der Waals surface area contributed by atoms with Crippen molar-refractivity contribution < 1.29 is 14.3 Å². The maximum absolute atomic E-state index is 13.1. The Morgan fingerprint density at radius 2 is 1.79 bits per heavy atom. The van der Waals surface area contributed by atoms with Crippen LogP contribution in [0.4, 0.5) is 5.69 Å². The highest BCUT2D eigenvalue weighted by molar-refractivity contribution is 8.27. The molecule has 0 atom stereocenters. The molecule has 4 rings (SSSR count). The molecule has 0 aliphatic carbocycles. The second-order valence-electron chi connectivity index (χ2n) is 7.72. The van der Waals surface area contributed by atoms with E-state index in [-0.39, 0.29) is 12.5 Å². The van der Waals surface area contributed by atoms with Crippen LogP contribution in [0.3, 0.4) is 0 Å². The molecule has 0 saturated carbocycles. The van der Waals surface area contributed by atoms with Crippen molar-refractivity contribution in [3.8, 4) is 11.5 Å². The number of methoxy groups -OCH3 is 1. The van der Waals surface area contributed by atoms with Gasteiger partial charge in [-0.25, -0.2) is 0 Å². The molecule has 1 amide bonds. The molecule has 3 aromatic rings. The maximum atomic E-state index is 13.1. The van der Waals surface area contributed by atoms with E-state index in [1.165, 1.54) is 11.8 Å². The molecule has 0 bridgehead atoms. The van der Waals surface area contributed by atoms with Crippen molar-refractivity contribution in [3.63, 3.8) is 0 Å². The Balaban J connectivity index is 1.54.